The number of hydrogen-bond donors (Lipinski definition) is 1. The van der Waals surface area contributed by atoms with E-state index < -0.39 is 12.0 Å². The molecule has 1 atom stereocenters. The Kier molecular flexibility index (Phi) is 4.87. The molecular formula is C9H15N3O4. The van der Waals surface area contributed by atoms with Crippen LogP contribution in [0.2, 0.25) is 0 Å². The van der Waals surface area contributed by atoms with E-state index in [-0.39, 0.29) is 18.3 Å². The average Bonchev–Trinajstić information content (AvgIpc) is 2.75. The van der Waals surface area contributed by atoms with Crippen molar-refractivity contribution in [3.05, 3.63) is 11.7 Å². The maximum absolute atomic E-state index is 11.2. The van der Waals surface area contributed by atoms with E-state index in [9.17, 15) is 4.79 Å². The predicted molar refractivity (Wildman–Crippen MR) is 53.7 cm³/mol. The minimum Gasteiger partial charge on any atom is -0.460 e. The van der Waals surface area contributed by atoms with Crippen LogP contribution >= 0.6 is 0 Å². The second-order valence-electron chi connectivity index (χ2n) is 3.06. The van der Waals surface area contributed by atoms with Crippen molar-refractivity contribution >= 4 is 5.97 Å². The van der Waals surface area contributed by atoms with Crippen molar-refractivity contribution in [2.24, 2.45) is 5.73 Å². The fraction of sp³-hybridized carbons (Fsp3) is 0.667. The molecule has 0 bridgehead atoms. The molecule has 0 amide bonds. The zero-order valence-corrected chi connectivity index (χ0v) is 9.30. The molecule has 0 aromatic carbocycles. The molecule has 0 radical (unpaired) electrons. The third-order valence-corrected chi connectivity index (χ3v) is 1.85. The Hall–Kier alpha value is -1.47. The molecule has 2 N–H and O–H groups in total. The van der Waals surface area contributed by atoms with Gasteiger partial charge in [-0.3, -0.25) is 0 Å². The van der Waals surface area contributed by atoms with E-state index in [1.54, 1.807) is 14.0 Å². The van der Waals surface area contributed by atoms with Crippen molar-refractivity contribution in [2.75, 3.05) is 20.3 Å². The first kappa shape index (κ1) is 12.6. The fourth-order valence-electron chi connectivity index (χ4n) is 1.03. The Morgan fingerprint density at radius 2 is 2.38 bits per heavy atom. The molecule has 16 heavy (non-hydrogen) atoms. The van der Waals surface area contributed by atoms with Gasteiger partial charge in [0.2, 0.25) is 5.89 Å². The van der Waals surface area contributed by atoms with Gasteiger partial charge in [-0.15, -0.1) is 0 Å². The first-order valence-electron chi connectivity index (χ1n) is 4.94. The molecule has 7 nitrogen and oxygen atoms in total. The first-order valence-corrected chi connectivity index (χ1v) is 4.94. The van der Waals surface area contributed by atoms with Crippen LogP contribution in [0.25, 0.3) is 0 Å². The summed E-state index contributed by atoms with van der Waals surface area (Å²) in [5.41, 5.74) is 5.74. The van der Waals surface area contributed by atoms with Crippen LogP contribution in [0.15, 0.2) is 4.52 Å². The fourth-order valence-corrected chi connectivity index (χ4v) is 1.03. The molecule has 0 saturated carbocycles. The summed E-state index contributed by atoms with van der Waals surface area (Å²) in [6, 6.07) is -0.435. The number of ether oxygens (including phenoxy) is 2. The average molecular weight is 229 g/mol. The summed E-state index contributed by atoms with van der Waals surface area (Å²) in [6.07, 6.45) is 0.543. The highest BCUT2D eigenvalue weighted by Gasteiger charge is 2.19. The van der Waals surface area contributed by atoms with Crippen molar-refractivity contribution < 1.29 is 18.8 Å². The lowest BCUT2D eigenvalue weighted by Gasteiger charge is -2.04. The molecule has 1 heterocycles. The summed E-state index contributed by atoms with van der Waals surface area (Å²) in [6.45, 7) is 2.44. The van der Waals surface area contributed by atoms with Gasteiger partial charge in [-0.1, -0.05) is 0 Å². The number of hydrogen-bond acceptors (Lipinski definition) is 7. The summed E-state index contributed by atoms with van der Waals surface area (Å²) >= 11 is 0. The normalized spacial score (nSPS) is 12.4. The van der Waals surface area contributed by atoms with E-state index in [0.29, 0.717) is 13.0 Å². The van der Waals surface area contributed by atoms with Crippen molar-refractivity contribution in [3.8, 4) is 0 Å². The van der Waals surface area contributed by atoms with E-state index in [0.717, 1.165) is 0 Å². The molecule has 1 aromatic rings. The molecule has 90 valence electrons. The second kappa shape index (κ2) is 6.19. The predicted octanol–water partition coefficient (Wildman–Crippen LogP) is 0.283. The van der Waals surface area contributed by atoms with E-state index in [1.165, 1.54) is 0 Å². The van der Waals surface area contributed by atoms with Crippen LogP contribution in [0, 0.1) is 0 Å². The maximum atomic E-state index is 11.2. The second-order valence-corrected chi connectivity index (χ2v) is 3.06. The third kappa shape index (κ3) is 3.28. The molecule has 1 aromatic heterocycles. The molecule has 7 heteroatoms. The number of nitrogens with zero attached hydrogens (tertiary/aromatic N) is 2. The van der Waals surface area contributed by atoms with Crippen LogP contribution in [0.1, 0.15) is 35.9 Å². The summed E-state index contributed by atoms with van der Waals surface area (Å²) in [5, 5.41) is 3.48. The van der Waals surface area contributed by atoms with Crippen molar-refractivity contribution in [1.29, 1.82) is 0 Å². The van der Waals surface area contributed by atoms with Crippen LogP contribution in [0.5, 0.6) is 0 Å². The SMILES string of the molecule is CCOC(=O)c1noc(C(N)CCOC)n1. The standard InChI is InChI=1S/C9H15N3O4/c1-3-15-9(13)7-11-8(16-12-7)6(10)4-5-14-2/h6H,3-5,10H2,1-2H3. The Morgan fingerprint density at radius 3 is 3.00 bits per heavy atom. The molecule has 0 aliphatic heterocycles. The Morgan fingerprint density at radius 1 is 1.62 bits per heavy atom. The quantitative estimate of drug-likeness (QED) is 0.699. The van der Waals surface area contributed by atoms with Crippen LogP contribution in [0.3, 0.4) is 0 Å². The van der Waals surface area contributed by atoms with Gasteiger partial charge in [-0.25, -0.2) is 4.79 Å². The van der Waals surface area contributed by atoms with E-state index in [4.69, 9.17) is 19.7 Å². The number of nitrogens with two attached hydrogens (primary N) is 1. The molecule has 0 aliphatic rings. The third-order valence-electron chi connectivity index (χ3n) is 1.85. The Labute approximate surface area is 92.9 Å². The Bertz CT molecular complexity index is 339. The van der Waals surface area contributed by atoms with Crippen molar-refractivity contribution in [3.63, 3.8) is 0 Å². The first-order chi connectivity index (χ1) is 7.69. The highest BCUT2D eigenvalue weighted by atomic mass is 16.5. The molecule has 0 saturated heterocycles. The number of carbonyl (C=O) groups excluding carboxylic acids is 1. The lowest BCUT2D eigenvalue weighted by molar-refractivity contribution is 0.0508. The van der Waals surface area contributed by atoms with Crippen LogP contribution in [0.4, 0.5) is 0 Å². The minimum atomic E-state index is -0.614. The van der Waals surface area contributed by atoms with Gasteiger partial charge in [-0.2, -0.15) is 4.98 Å². The molecule has 1 unspecified atom stereocenters. The van der Waals surface area contributed by atoms with E-state index in [2.05, 4.69) is 10.1 Å². The van der Waals surface area contributed by atoms with Gasteiger partial charge in [0.25, 0.3) is 5.82 Å². The van der Waals surface area contributed by atoms with Gasteiger partial charge in [0.1, 0.15) is 0 Å². The lowest BCUT2D eigenvalue weighted by atomic mass is 10.2. The minimum absolute atomic E-state index is 0.107. The number of methoxy groups -OCH3 is 1. The summed E-state index contributed by atoms with van der Waals surface area (Å²) in [7, 11) is 1.57. The zero-order valence-electron chi connectivity index (χ0n) is 9.30. The lowest BCUT2D eigenvalue weighted by Crippen LogP contribution is -2.13. The molecule has 0 fully saturated rings. The van der Waals surface area contributed by atoms with Gasteiger partial charge < -0.3 is 19.7 Å². The maximum Gasteiger partial charge on any atom is 0.379 e. The van der Waals surface area contributed by atoms with E-state index in [1.807, 2.05) is 0 Å². The van der Waals surface area contributed by atoms with Gasteiger partial charge in [-0.05, 0) is 18.5 Å². The molecule has 0 aliphatic carbocycles. The van der Waals surface area contributed by atoms with Gasteiger partial charge in [0.05, 0.1) is 12.6 Å². The van der Waals surface area contributed by atoms with Gasteiger partial charge >= 0.3 is 5.97 Å². The zero-order chi connectivity index (χ0) is 12.0. The molecule has 1 rings (SSSR count). The topological polar surface area (TPSA) is 100 Å². The Balaban J connectivity index is 2.59. The smallest absolute Gasteiger partial charge is 0.379 e. The van der Waals surface area contributed by atoms with Gasteiger partial charge in [0, 0.05) is 13.7 Å². The number of carbonyl (C=O) groups is 1. The molecule has 0 spiro atoms. The number of rotatable bonds is 6. The van der Waals surface area contributed by atoms with Crippen molar-refractivity contribution in [2.45, 2.75) is 19.4 Å². The number of esters is 1. The largest absolute Gasteiger partial charge is 0.460 e. The summed E-state index contributed by atoms with van der Waals surface area (Å²) < 4.78 is 14.4. The van der Waals surface area contributed by atoms with Crippen LogP contribution in [-0.4, -0.2) is 36.4 Å². The van der Waals surface area contributed by atoms with Crippen LogP contribution < -0.4 is 5.73 Å². The van der Waals surface area contributed by atoms with Crippen LogP contribution in [-0.2, 0) is 9.47 Å². The highest BCUT2D eigenvalue weighted by molar-refractivity contribution is 5.84. The number of aromatic nitrogens is 2. The monoisotopic (exact) mass is 229 g/mol. The van der Waals surface area contributed by atoms with E-state index >= 15 is 0 Å². The summed E-state index contributed by atoms with van der Waals surface area (Å²) in [5.74, 6) is -0.513. The van der Waals surface area contributed by atoms with Crippen molar-refractivity contribution in [1.82, 2.24) is 10.1 Å². The molecular weight excluding hydrogens is 214 g/mol. The summed E-state index contributed by atoms with van der Waals surface area (Å²) in [4.78, 5) is 15.1. The van der Waals surface area contributed by atoms with Gasteiger partial charge in [0.15, 0.2) is 0 Å². The highest BCUT2D eigenvalue weighted by Crippen LogP contribution is 2.11.